The second-order valence-corrected chi connectivity index (χ2v) is 21.7. The Kier molecular flexibility index (Phi) is 21.3. The lowest BCUT2D eigenvalue weighted by Crippen LogP contribution is -2.50. The number of aromatic nitrogens is 3. The summed E-state index contributed by atoms with van der Waals surface area (Å²) in [6.07, 6.45) is 1.47. The van der Waals surface area contributed by atoms with Crippen LogP contribution in [0.2, 0.25) is 0 Å². The number of aliphatic hydroxyl groups is 2. The molecule has 88 heavy (non-hydrogen) atoms. The molecule has 8 rings (SSSR count). The topological polar surface area (TPSA) is 330 Å². The fourth-order valence-electron chi connectivity index (χ4n) is 10.8. The van der Waals surface area contributed by atoms with E-state index in [2.05, 4.69) is 52.6 Å². The fourth-order valence-corrected chi connectivity index (χ4v) is 10.8. The molecule has 6 atom stereocenters. The van der Waals surface area contributed by atoms with Crippen LogP contribution >= 0.6 is 0 Å². The van der Waals surface area contributed by atoms with Crippen LogP contribution in [0.25, 0.3) is 0 Å². The Bertz CT molecular complexity index is 3300. The van der Waals surface area contributed by atoms with E-state index in [0.29, 0.717) is 48.2 Å². The highest BCUT2D eigenvalue weighted by Gasteiger charge is 2.48. The van der Waals surface area contributed by atoms with Crippen molar-refractivity contribution < 1.29 is 76.9 Å². The van der Waals surface area contributed by atoms with Crippen LogP contribution in [0.4, 0.5) is 36.2 Å². The Labute approximate surface area is 508 Å². The van der Waals surface area contributed by atoms with Gasteiger partial charge in [-0.1, -0.05) is 80.8 Å². The highest BCUT2D eigenvalue weighted by atomic mass is 16.6. The molecular formula is C61H75N11O16. The third kappa shape index (κ3) is 14.8. The summed E-state index contributed by atoms with van der Waals surface area (Å²) in [6.45, 7) is 19.4. The largest absolute Gasteiger partial charge is 0.493 e. The number of hydrogen-bond donors (Lipinski definition) is 6. The third-order valence-electron chi connectivity index (χ3n) is 15.2. The molecule has 0 bridgehead atoms. The molecular weight excluding hydrogens is 1140 g/mol. The second kappa shape index (κ2) is 29.2. The minimum atomic E-state index is -1.57. The van der Waals surface area contributed by atoms with Gasteiger partial charge < -0.3 is 74.9 Å². The average molecular weight is 1220 g/mol. The number of methoxy groups -OCH3 is 2. The predicted molar refractivity (Wildman–Crippen MR) is 320 cm³/mol. The van der Waals surface area contributed by atoms with E-state index in [-0.39, 0.29) is 123 Å². The highest BCUT2D eigenvalue weighted by Crippen LogP contribution is 2.44. The van der Waals surface area contributed by atoms with Gasteiger partial charge in [0.15, 0.2) is 35.5 Å². The molecule has 0 spiro atoms. The molecule has 0 saturated carbocycles. The maximum atomic E-state index is 14.3. The number of carbonyl (C=O) groups is 7. The van der Waals surface area contributed by atoms with Crippen molar-refractivity contribution in [3.63, 3.8) is 0 Å². The van der Waals surface area contributed by atoms with Gasteiger partial charge in [0.2, 0.25) is 5.91 Å². The van der Waals surface area contributed by atoms with Gasteiger partial charge in [-0.2, -0.15) is 0 Å². The fraction of sp³-hybridized carbons (Fsp3) is 0.426. The van der Waals surface area contributed by atoms with E-state index in [0.717, 1.165) is 15.4 Å². The zero-order valence-electron chi connectivity index (χ0n) is 49.6. The number of primary amides is 1. The summed E-state index contributed by atoms with van der Waals surface area (Å²) in [5.41, 5.74) is 8.22. The van der Waals surface area contributed by atoms with Gasteiger partial charge in [-0.3, -0.25) is 14.4 Å². The van der Waals surface area contributed by atoms with Crippen LogP contribution in [0.15, 0.2) is 104 Å². The molecule has 8 amide bonds. The lowest BCUT2D eigenvalue weighted by atomic mass is 10.0. The van der Waals surface area contributed by atoms with Crippen LogP contribution in [-0.4, -0.2) is 162 Å². The number of benzene rings is 3. The minimum Gasteiger partial charge on any atom is -0.493 e. The van der Waals surface area contributed by atoms with Crippen LogP contribution in [0.3, 0.4) is 0 Å². The van der Waals surface area contributed by atoms with Crippen molar-refractivity contribution in [3.8, 4) is 23.0 Å². The summed E-state index contributed by atoms with van der Waals surface area (Å²) in [5, 5.41) is 40.2. The number of amides is 8. The van der Waals surface area contributed by atoms with Crippen LogP contribution in [0.5, 0.6) is 23.0 Å². The van der Waals surface area contributed by atoms with Gasteiger partial charge >= 0.3 is 24.3 Å². The van der Waals surface area contributed by atoms with Gasteiger partial charge in [-0.05, 0) is 80.7 Å². The van der Waals surface area contributed by atoms with Crippen molar-refractivity contribution in [1.29, 1.82) is 0 Å². The summed E-state index contributed by atoms with van der Waals surface area (Å²) in [6, 6.07) is 8.49. The molecule has 0 aliphatic carbocycles. The Morgan fingerprint density at radius 3 is 1.78 bits per heavy atom. The molecule has 4 aliphatic rings. The van der Waals surface area contributed by atoms with Crippen LogP contribution in [0, 0.1) is 5.92 Å². The van der Waals surface area contributed by atoms with Crippen LogP contribution in [0.1, 0.15) is 103 Å². The normalized spacial score (nSPS) is 18.4. The van der Waals surface area contributed by atoms with E-state index in [4.69, 9.17) is 38.9 Å². The van der Waals surface area contributed by atoms with E-state index in [1.165, 1.54) is 65.1 Å². The molecule has 2 saturated heterocycles. The monoisotopic (exact) mass is 1220 g/mol. The van der Waals surface area contributed by atoms with E-state index < -0.39 is 78.7 Å². The summed E-state index contributed by atoms with van der Waals surface area (Å²) in [4.78, 5) is 98.8. The van der Waals surface area contributed by atoms with Crippen molar-refractivity contribution in [2.45, 2.75) is 102 Å². The quantitative estimate of drug-likeness (QED) is 0.0218. The first-order chi connectivity index (χ1) is 42.3. The Morgan fingerprint density at radius 2 is 1.27 bits per heavy atom. The first kappa shape index (κ1) is 64.4. The summed E-state index contributed by atoms with van der Waals surface area (Å²) in [5.74, 6) is -0.671. The number of nitrogens with one attached hydrogen (secondary N) is 3. The Balaban J connectivity index is 0.917. The van der Waals surface area contributed by atoms with Crippen molar-refractivity contribution in [1.82, 2.24) is 35.4 Å². The molecule has 5 heterocycles. The maximum absolute atomic E-state index is 14.3. The molecule has 4 aliphatic heterocycles. The number of unbranched alkanes of at least 4 members (excludes halogenated alkanes) is 2. The Morgan fingerprint density at radius 1 is 0.739 bits per heavy atom. The number of rotatable bonds is 26. The third-order valence-corrected chi connectivity index (χ3v) is 15.2. The average Bonchev–Trinajstić information content (AvgIpc) is 1.92. The van der Waals surface area contributed by atoms with Crippen LogP contribution in [-0.2, 0) is 25.6 Å². The van der Waals surface area contributed by atoms with Crippen molar-refractivity contribution >= 4 is 59.1 Å². The van der Waals surface area contributed by atoms with Gasteiger partial charge in [0.25, 0.3) is 11.8 Å². The number of ether oxygens (including phenoxy) is 7. The van der Waals surface area contributed by atoms with Gasteiger partial charge in [-0.25, -0.2) is 33.7 Å². The number of hydrogen-bond acceptors (Lipinski definition) is 18. The summed E-state index contributed by atoms with van der Waals surface area (Å²) >= 11 is 0. The van der Waals surface area contributed by atoms with Crippen molar-refractivity contribution in [2.75, 3.05) is 75.4 Å². The second-order valence-electron chi connectivity index (χ2n) is 21.7. The van der Waals surface area contributed by atoms with E-state index in [1.54, 1.807) is 30.5 Å². The molecule has 1 aromatic heterocycles. The molecule has 470 valence electrons. The van der Waals surface area contributed by atoms with Gasteiger partial charge in [-0.15, -0.1) is 5.10 Å². The van der Waals surface area contributed by atoms with Crippen molar-refractivity contribution in [3.05, 3.63) is 127 Å². The molecule has 3 aromatic carbocycles. The molecule has 27 nitrogen and oxygen atoms in total. The lowest BCUT2D eigenvalue weighted by Gasteiger charge is -2.31. The maximum Gasteiger partial charge on any atom is 0.416 e. The number of fused-ring (bicyclic) bond motifs is 4. The summed E-state index contributed by atoms with van der Waals surface area (Å²) in [7, 11) is 2.84. The molecule has 2 fully saturated rings. The Hall–Kier alpha value is -9.63. The highest BCUT2D eigenvalue weighted by molar-refractivity contribution is 6.07. The van der Waals surface area contributed by atoms with Crippen molar-refractivity contribution in [2.24, 2.45) is 11.7 Å². The molecule has 0 unspecified atom stereocenters. The smallest absolute Gasteiger partial charge is 0.416 e. The zero-order valence-corrected chi connectivity index (χ0v) is 49.6. The molecule has 27 heteroatoms. The number of alkyl carbamates (subject to hydrolysis) is 1. The zero-order chi connectivity index (χ0) is 63.3. The minimum absolute atomic E-state index is 0.00516. The predicted octanol–water partition coefficient (Wildman–Crippen LogP) is 6.64. The standard InChI is InChI=1S/C61H75N11O16/c1-9-21-86-59(79)65-52(35(3)4)42-33-70(67-66-42)43(15-14-20-63-58(62)78)53(73)64-39-18-16-38(17-19-39)34-88-61(81)72-45-30-51(49(83-8)28-41(45)55(75)69-32-37(6)26-47(69)57(72)77)85-24-13-11-12-23-84-50-29-44-40(27-48(50)82-7)54(74)68-31-36(5)25-46(68)56(76)71(44)60(80)87-22-10-2/h9-10,16-19,27-30,33,35,43,46-47,52,56-57,76-77H,1-2,5-6,11-15,20-26,31-32,34H2,3-4,7-8H3,(H,64,73)(H,65,79)(H3,62,63,78)/t43-,46-,47-,52-,56-,57-/m0/s1. The number of carbonyl (C=O) groups excluding carboxylic acids is 7. The SMILES string of the molecule is C=CCOC(=O)N[C@H](c1cn([C@@H](CCCNC(N)=O)C(=O)Nc2ccc(COC(=O)N3c4cc(OCCCCCOc5cc6c(cc5OC)C(=O)N5CC(=C)C[C@H]5[C@H](O)N6C(=O)OCC=C)c(OC)cc4C(=O)N4CC(=C)C[C@H]4[C@@H]3O)cc2)nn1)C(C)C. The number of aliphatic hydroxyl groups excluding tert-OH is 2. The number of urea groups is 1. The van der Waals surface area contributed by atoms with E-state index >= 15 is 0 Å². The van der Waals surface area contributed by atoms with Gasteiger partial charge in [0, 0.05) is 37.5 Å². The van der Waals surface area contributed by atoms with Crippen LogP contribution < -0.4 is 50.4 Å². The number of anilines is 3. The number of nitrogens with two attached hydrogens (primary N) is 1. The lowest BCUT2D eigenvalue weighted by molar-refractivity contribution is -0.119. The van der Waals surface area contributed by atoms with Gasteiger partial charge in [0.05, 0.1) is 74.3 Å². The van der Waals surface area contributed by atoms with Gasteiger partial charge in [0.1, 0.15) is 31.6 Å². The number of nitrogens with zero attached hydrogens (tertiary/aromatic N) is 7. The molecule has 7 N–H and O–H groups in total. The molecule has 0 radical (unpaired) electrons. The first-order valence-electron chi connectivity index (χ1n) is 28.7. The molecule has 4 aromatic rings. The summed E-state index contributed by atoms with van der Waals surface area (Å²) < 4.78 is 41.4. The first-order valence-corrected chi connectivity index (χ1v) is 28.7. The van der Waals surface area contributed by atoms with E-state index in [1.807, 2.05) is 13.8 Å². The van der Waals surface area contributed by atoms with E-state index in [9.17, 15) is 43.8 Å².